The lowest BCUT2D eigenvalue weighted by Gasteiger charge is -2.20. The van der Waals surface area contributed by atoms with E-state index < -0.39 is 0 Å². The van der Waals surface area contributed by atoms with Gasteiger partial charge in [-0.15, -0.1) is 0 Å². The topological polar surface area (TPSA) is 45.9 Å². The summed E-state index contributed by atoms with van der Waals surface area (Å²) < 4.78 is 5.60. The number of fused-ring (bicyclic) bond motifs is 3. The number of hydrogen-bond donors (Lipinski definition) is 0. The van der Waals surface area contributed by atoms with Crippen molar-refractivity contribution < 1.29 is 4.74 Å². The molecule has 2 aromatic rings. The lowest BCUT2D eigenvalue weighted by molar-refractivity contribution is 0.301. The molecular weight excluding hydrogens is 236 g/mol. The summed E-state index contributed by atoms with van der Waals surface area (Å²) >= 11 is 5.95. The van der Waals surface area contributed by atoms with Crippen molar-refractivity contribution in [3.8, 4) is 23.1 Å². The number of para-hydroxylation sites is 1. The van der Waals surface area contributed by atoms with Crippen molar-refractivity contribution in [2.75, 3.05) is 0 Å². The molecule has 0 aliphatic carbocycles. The number of rotatable bonds is 0. The van der Waals surface area contributed by atoms with Crippen molar-refractivity contribution in [2.24, 2.45) is 0 Å². The van der Waals surface area contributed by atoms with Gasteiger partial charge in [0.25, 0.3) is 0 Å². The lowest BCUT2D eigenvalue weighted by Crippen LogP contribution is -2.07. The molecule has 82 valence electrons. The van der Waals surface area contributed by atoms with Gasteiger partial charge in [0.15, 0.2) is 0 Å². The molecule has 17 heavy (non-hydrogen) atoms. The van der Waals surface area contributed by atoms with Crippen LogP contribution in [0.5, 0.6) is 5.75 Å². The maximum absolute atomic E-state index is 8.90. The lowest BCUT2D eigenvalue weighted by atomic mass is 10.0. The van der Waals surface area contributed by atoms with E-state index in [1.54, 1.807) is 6.07 Å². The van der Waals surface area contributed by atoms with Crippen molar-refractivity contribution in [3.63, 3.8) is 0 Å². The van der Waals surface area contributed by atoms with Crippen LogP contribution in [0.3, 0.4) is 0 Å². The molecule has 0 N–H and O–H groups in total. The van der Waals surface area contributed by atoms with Crippen LogP contribution in [-0.4, -0.2) is 4.98 Å². The molecule has 0 fully saturated rings. The monoisotopic (exact) mass is 242 g/mol. The normalized spacial score (nSPS) is 12.0. The van der Waals surface area contributed by atoms with Crippen LogP contribution < -0.4 is 4.74 Å². The van der Waals surface area contributed by atoms with Crippen molar-refractivity contribution in [1.82, 2.24) is 4.98 Å². The van der Waals surface area contributed by atoms with Crippen LogP contribution in [0, 0.1) is 11.3 Å². The van der Waals surface area contributed by atoms with Gasteiger partial charge in [-0.1, -0.05) is 23.7 Å². The summed E-state index contributed by atoms with van der Waals surface area (Å²) in [6.45, 7) is 0.422. The van der Waals surface area contributed by atoms with E-state index >= 15 is 0 Å². The van der Waals surface area contributed by atoms with Crippen molar-refractivity contribution >= 4 is 11.6 Å². The Morgan fingerprint density at radius 3 is 3.00 bits per heavy atom. The molecule has 0 atom stereocenters. The van der Waals surface area contributed by atoms with Gasteiger partial charge in [0.1, 0.15) is 23.6 Å². The number of nitriles is 1. The van der Waals surface area contributed by atoms with Crippen molar-refractivity contribution in [1.29, 1.82) is 5.26 Å². The number of benzene rings is 1. The van der Waals surface area contributed by atoms with Crippen LogP contribution in [-0.2, 0) is 6.61 Å². The number of halogens is 1. The number of ether oxygens (including phenoxy) is 1. The quantitative estimate of drug-likeness (QED) is 0.667. The van der Waals surface area contributed by atoms with E-state index in [0.29, 0.717) is 12.2 Å². The minimum Gasteiger partial charge on any atom is -0.488 e. The van der Waals surface area contributed by atoms with Gasteiger partial charge in [-0.3, -0.25) is 0 Å². The third-order valence-electron chi connectivity index (χ3n) is 2.70. The summed E-state index contributed by atoms with van der Waals surface area (Å²) in [5, 5.41) is 9.14. The number of nitrogens with zero attached hydrogens (tertiary/aromatic N) is 2. The number of hydrogen-bond acceptors (Lipinski definition) is 3. The van der Waals surface area contributed by atoms with E-state index in [1.165, 1.54) is 0 Å². The maximum atomic E-state index is 8.90. The van der Waals surface area contributed by atoms with E-state index in [1.807, 2.05) is 30.3 Å². The second kappa shape index (κ2) is 3.76. The predicted molar refractivity (Wildman–Crippen MR) is 63.7 cm³/mol. The second-order valence-electron chi connectivity index (χ2n) is 3.73. The Labute approximate surface area is 103 Å². The summed E-state index contributed by atoms with van der Waals surface area (Å²) in [5.41, 5.74) is 2.99. The molecule has 3 rings (SSSR count). The Morgan fingerprint density at radius 1 is 1.35 bits per heavy atom. The molecule has 2 heterocycles. The first-order chi connectivity index (χ1) is 8.29. The molecule has 0 amide bonds. The molecule has 0 unspecified atom stereocenters. The van der Waals surface area contributed by atoms with Crippen LogP contribution >= 0.6 is 11.6 Å². The van der Waals surface area contributed by atoms with Crippen LogP contribution in [0.2, 0.25) is 5.15 Å². The highest BCUT2D eigenvalue weighted by Crippen LogP contribution is 2.37. The third-order valence-corrected chi connectivity index (χ3v) is 2.99. The average Bonchev–Trinajstić information content (AvgIpc) is 2.38. The molecule has 3 nitrogen and oxygen atoms in total. The third kappa shape index (κ3) is 1.54. The van der Waals surface area contributed by atoms with Crippen molar-refractivity contribution in [2.45, 2.75) is 6.61 Å². The highest BCUT2D eigenvalue weighted by atomic mass is 35.5. The standard InChI is InChI=1S/C13H7ClN2O/c14-13-8(6-15)5-9-7-17-11-4-2-1-3-10(11)12(9)16-13/h1-5H,7H2. The molecule has 4 heteroatoms. The molecule has 0 saturated heterocycles. The van der Waals surface area contributed by atoms with Gasteiger partial charge in [0.2, 0.25) is 0 Å². The Morgan fingerprint density at radius 2 is 2.18 bits per heavy atom. The highest BCUT2D eigenvalue weighted by Gasteiger charge is 2.20. The zero-order valence-electron chi connectivity index (χ0n) is 8.77. The molecule has 0 radical (unpaired) electrons. The summed E-state index contributed by atoms with van der Waals surface area (Å²) in [6.07, 6.45) is 0. The Hall–Kier alpha value is -2.05. The Kier molecular flexibility index (Phi) is 2.24. The zero-order valence-corrected chi connectivity index (χ0v) is 9.53. The predicted octanol–water partition coefficient (Wildman–Crippen LogP) is 3.17. The highest BCUT2D eigenvalue weighted by molar-refractivity contribution is 6.30. The Balaban J connectivity index is 2.27. The van der Waals surface area contributed by atoms with Crippen LogP contribution in [0.25, 0.3) is 11.3 Å². The van der Waals surface area contributed by atoms with E-state index in [-0.39, 0.29) is 5.15 Å². The molecule has 0 spiro atoms. The fourth-order valence-corrected chi connectivity index (χ4v) is 2.08. The average molecular weight is 243 g/mol. The second-order valence-corrected chi connectivity index (χ2v) is 4.09. The molecule has 1 aromatic carbocycles. The minimum absolute atomic E-state index is 0.239. The van der Waals surface area contributed by atoms with Gasteiger partial charge in [-0.25, -0.2) is 4.98 Å². The van der Waals surface area contributed by atoms with Crippen LogP contribution in [0.15, 0.2) is 30.3 Å². The van der Waals surface area contributed by atoms with E-state index in [0.717, 1.165) is 22.6 Å². The van der Waals surface area contributed by atoms with Gasteiger partial charge in [0.05, 0.1) is 11.3 Å². The molecule has 1 aliphatic rings. The van der Waals surface area contributed by atoms with Gasteiger partial charge in [-0.2, -0.15) is 5.26 Å². The molecule has 1 aromatic heterocycles. The van der Waals surface area contributed by atoms with E-state index in [9.17, 15) is 0 Å². The maximum Gasteiger partial charge on any atom is 0.147 e. The fraction of sp³-hybridized carbons (Fsp3) is 0.0769. The summed E-state index contributed by atoms with van der Waals surface area (Å²) in [7, 11) is 0. The first-order valence-electron chi connectivity index (χ1n) is 5.11. The SMILES string of the molecule is N#Cc1cc2c(nc1Cl)-c1ccccc1OC2. The van der Waals surface area contributed by atoms with E-state index in [4.69, 9.17) is 21.6 Å². The van der Waals surface area contributed by atoms with E-state index in [2.05, 4.69) is 4.98 Å². The Bertz CT molecular complexity index is 646. The van der Waals surface area contributed by atoms with Gasteiger partial charge in [-0.05, 0) is 18.2 Å². The first kappa shape index (κ1) is 10.1. The van der Waals surface area contributed by atoms with Crippen LogP contribution in [0.4, 0.5) is 0 Å². The fourth-order valence-electron chi connectivity index (χ4n) is 1.90. The molecular formula is C13H7ClN2O. The van der Waals surface area contributed by atoms with Crippen molar-refractivity contribution in [3.05, 3.63) is 46.6 Å². The molecule has 0 saturated carbocycles. The van der Waals surface area contributed by atoms with Gasteiger partial charge < -0.3 is 4.74 Å². The number of aromatic nitrogens is 1. The number of pyridine rings is 1. The summed E-state index contributed by atoms with van der Waals surface area (Å²) in [5.74, 6) is 0.799. The summed E-state index contributed by atoms with van der Waals surface area (Å²) in [6, 6.07) is 11.4. The van der Waals surface area contributed by atoms with Gasteiger partial charge in [0, 0.05) is 11.1 Å². The van der Waals surface area contributed by atoms with Crippen LogP contribution in [0.1, 0.15) is 11.1 Å². The minimum atomic E-state index is 0.239. The zero-order chi connectivity index (χ0) is 11.8. The smallest absolute Gasteiger partial charge is 0.147 e. The molecule has 0 bridgehead atoms. The first-order valence-corrected chi connectivity index (χ1v) is 5.49. The summed E-state index contributed by atoms with van der Waals surface area (Å²) in [4.78, 5) is 4.29. The largest absolute Gasteiger partial charge is 0.488 e. The van der Waals surface area contributed by atoms with Gasteiger partial charge >= 0.3 is 0 Å². The molecule has 1 aliphatic heterocycles.